The van der Waals surface area contributed by atoms with E-state index in [2.05, 4.69) is 5.32 Å². The number of nitrogens with two attached hydrogens (primary N) is 1. The molecule has 1 aliphatic heterocycles. The number of alkyl halides is 3. The highest BCUT2D eigenvalue weighted by molar-refractivity contribution is 7.92. The van der Waals surface area contributed by atoms with Crippen LogP contribution in [0, 0.1) is 0 Å². The van der Waals surface area contributed by atoms with E-state index in [1.807, 2.05) is 0 Å². The van der Waals surface area contributed by atoms with E-state index in [-0.39, 0.29) is 15.7 Å². The van der Waals surface area contributed by atoms with Gasteiger partial charge in [0, 0.05) is 25.9 Å². The predicted molar refractivity (Wildman–Crippen MR) is 119 cm³/mol. The van der Waals surface area contributed by atoms with Crippen LogP contribution in [0.3, 0.4) is 0 Å². The van der Waals surface area contributed by atoms with Crippen LogP contribution in [0.4, 0.5) is 13.2 Å². The summed E-state index contributed by atoms with van der Waals surface area (Å²) in [5, 5.41) is 9.67. The maximum atomic E-state index is 13.1. The topological polar surface area (TPSA) is 144 Å². The van der Waals surface area contributed by atoms with Crippen molar-refractivity contribution in [1.82, 2.24) is 5.32 Å². The Kier molecular flexibility index (Phi) is 8.86. The van der Waals surface area contributed by atoms with Gasteiger partial charge < -0.3 is 16.2 Å². The number of nitrogens with one attached hydrogen (secondary N) is 1. The first-order valence-corrected chi connectivity index (χ1v) is 13.4. The minimum Gasteiger partial charge on any atom is -0.475 e. The summed E-state index contributed by atoms with van der Waals surface area (Å²) in [6.07, 6.45) is -3.53. The number of hydrogen-bond acceptors (Lipinski definition) is 7. The van der Waals surface area contributed by atoms with E-state index in [1.165, 1.54) is 6.26 Å². The molecule has 13 heteroatoms. The Morgan fingerprint density at radius 3 is 2.12 bits per heavy atom. The average molecular weight is 523 g/mol. The Hall–Kier alpha value is -2.48. The molecule has 2 aromatic carbocycles. The van der Waals surface area contributed by atoms with E-state index >= 15 is 0 Å². The van der Waals surface area contributed by atoms with Crippen LogP contribution in [0.1, 0.15) is 23.5 Å². The normalized spacial score (nSPS) is 19.1. The van der Waals surface area contributed by atoms with E-state index < -0.39 is 37.1 Å². The largest absolute Gasteiger partial charge is 0.490 e. The van der Waals surface area contributed by atoms with Crippen LogP contribution >= 0.6 is 0 Å². The number of halogens is 3. The Balaban J connectivity index is 0.000000509. The molecule has 34 heavy (non-hydrogen) atoms. The zero-order valence-electron chi connectivity index (χ0n) is 18.1. The Morgan fingerprint density at radius 2 is 1.62 bits per heavy atom. The third-order valence-corrected chi connectivity index (χ3v) is 8.57. The molecular weight excluding hydrogens is 497 g/mol. The van der Waals surface area contributed by atoms with Gasteiger partial charge in [0.05, 0.1) is 15.0 Å². The fourth-order valence-corrected chi connectivity index (χ4v) is 6.25. The molecule has 0 radical (unpaired) electrons. The average Bonchev–Trinajstić information content (AvgIpc) is 2.78. The van der Waals surface area contributed by atoms with E-state index in [9.17, 15) is 30.0 Å². The fourth-order valence-electron chi connectivity index (χ4n) is 3.54. The first kappa shape index (κ1) is 27.8. The van der Waals surface area contributed by atoms with Crippen molar-refractivity contribution < 1.29 is 39.9 Å². The maximum Gasteiger partial charge on any atom is 0.490 e. The van der Waals surface area contributed by atoms with Gasteiger partial charge in [0.1, 0.15) is 0 Å². The molecule has 1 saturated heterocycles. The van der Waals surface area contributed by atoms with Crippen LogP contribution in [0.15, 0.2) is 58.3 Å². The van der Waals surface area contributed by atoms with Gasteiger partial charge in [0.2, 0.25) is 0 Å². The van der Waals surface area contributed by atoms with E-state index in [4.69, 9.17) is 15.6 Å². The lowest BCUT2D eigenvalue weighted by Crippen LogP contribution is -2.42. The van der Waals surface area contributed by atoms with Crippen molar-refractivity contribution in [2.45, 2.75) is 40.1 Å². The third kappa shape index (κ3) is 7.01. The molecule has 0 amide bonds. The molecule has 3 rings (SSSR count). The first-order valence-electron chi connectivity index (χ1n) is 10.0. The lowest BCUT2D eigenvalue weighted by Gasteiger charge is -2.31. The van der Waals surface area contributed by atoms with Crippen molar-refractivity contribution >= 4 is 25.6 Å². The fraction of sp³-hybridized carbons (Fsp3) is 0.381. The minimum atomic E-state index is -5.08. The molecule has 188 valence electrons. The zero-order valence-corrected chi connectivity index (χ0v) is 19.8. The van der Waals surface area contributed by atoms with Crippen LogP contribution in [-0.4, -0.2) is 58.7 Å². The van der Waals surface area contributed by atoms with Crippen LogP contribution in [-0.2, 0) is 31.0 Å². The number of sulfone groups is 2. The molecule has 0 bridgehead atoms. The number of benzene rings is 2. The van der Waals surface area contributed by atoms with E-state index in [1.54, 1.807) is 48.5 Å². The zero-order chi connectivity index (χ0) is 25.7. The van der Waals surface area contributed by atoms with Gasteiger partial charge in [-0.1, -0.05) is 30.3 Å². The van der Waals surface area contributed by atoms with Crippen molar-refractivity contribution in [3.05, 3.63) is 59.7 Å². The summed E-state index contributed by atoms with van der Waals surface area (Å²) in [5.41, 5.74) is 7.12. The van der Waals surface area contributed by atoms with Gasteiger partial charge >= 0.3 is 12.1 Å². The number of piperidine rings is 1. The molecule has 2 unspecified atom stereocenters. The molecule has 1 heterocycles. The second-order valence-corrected chi connectivity index (χ2v) is 11.9. The van der Waals surface area contributed by atoms with E-state index in [0.717, 1.165) is 5.56 Å². The Labute approximate surface area is 195 Å². The minimum absolute atomic E-state index is 0.187. The maximum absolute atomic E-state index is 13.1. The molecular formula is C21H25F3N2O6S2. The van der Waals surface area contributed by atoms with Gasteiger partial charge in [-0.25, -0.2) is 21.6 Å². The van der Waals surface area contributed by atoms with Crippen LogP contribution in [0.2, 0.25) is 0 Å². The number of rotatable bonds is 5. The molecule has 0 aliphatic carbocycles. The molecule has 8 nitrogen and oxygen atoms in total. The number of carbonyl (C=O) groups is 1. The lowest BCUT2D eigenvalue weighted by molar-refractivity contribution is -0.192. The summed E-state index contributed by atoms with van der Waals surface area (Å²) in [7, 11) is -6.91. The summed E-state index contributed by atoms with van der Waals surface area (Å²) in [4.78, 5) is 9.43. The number of carboxylic acids is 1. The van der Waals surface area contributed by atoms with Gasteiger partial charge in [-0.05, 0) is 41.7 Å². The second kappa shape index (κ2) is 10.8. The van der Waals surface area contributed by atoms with Gasteiger partial charge in [-0.2, -0.15) is 13.2 Å². The molecule has 1 fully saturated rings. The Bertz CT molecular complexity index is 1210. The lowest BCUT2D eigenvalue weighted by atomic mass is 9.91. The summed E-state index contributed by atoms with van der Waals surface area (Å²) < 4.78 is 82.1. The van der Waals surface area contributed by atoms with Gasteiger partial charge in [0.25, 0.3) is 0 Å². The van der Waals surface area contributed by atoms with Crippen molar-refractivity contribution in [2.75, 3.05) is 19.3 Å². The number of aliphatic carboxylic acids is 1. The number of hydrogen-bond donors (Lipinski definition) is 3. The summed E-state index contributed by atoms with van der Waals surface area (Å²) in [6, 6.07) is 13.4. The van der Waals surface area contributed by atoms with Gasteiger partial charge in [-0.15, -0.1) is 0 Å². The first-order chi connectivity index (χ1) is 15.7. The molecule has 0 saturated carbocycles. The molecule has 0 spiro atoms. The van der Waals surface area contributed by atoms with Crippen molar-refractivity contribution in [1.29, 1.82) is 0 Å². The van der Waals surface area contributed by atoms with Crippen LogP contribution in [0.25, 0.3) is 0 Å². The third-order valence-electron chi connectivity index (χ3n) is 5.24. The van der Waals surface area contributed by atoms with Crippen molar-refractivity contribution in [3.8, 4) is 0 Å². The standard InChI is InChI=1S/C19H24N2O4S2.C2HF3O2/c1-26(22,23)19-5-3-2-4-18(19)15-10-17(13-21-12-15)27(24,25)16-8-6-14(11-20)7-9-16;3-2(4,5)1(6)7/h2-9,15,17,21H,10-13,20H2,1H3;(H,6,7). The van der Waals surface area contributed by atoms with Gasteiger partial charge in [0.15, 0.2) is 19.7 Å². The molecule has 1 aliphatic rings. The SMILES string of the molecule is CS(=O)(=O)c1ccccc1C1CNCC(S(=O)(=O)c2ccc(CN)cc2)C1.O=C(O)C(F)(F)F. The molecule has 2 aromatic rings. The van der Waals surface area contributed by atoms with Gasteiger partial charge in [-0.3, -0.25) is 0 Å². The van der Waals surface area contributed by atoms with Crippen molar-refractivity contribution in [2.24, 2.45) is 5.73 Å². The quantitative estimate of drug-likeness (QED) is 0.542. The summed E-state index contributed by atoms with van der Waals surface area (Å²) in [5.74, 6) is -2.94. The second-order valence-electron chi connectivity index (χ2n) is 7.72. The summed E-state index contributed by atoms with van der Waals surface area (Å²) >= 11 is 0. The Morgan fingerprint density at radius 1 is 1.06 bits per heavy atom. The number of carboxylic acid groups (broad SMARTS) is 1. The molecule has 4 N–H and O–H groups in total. The van der Waals surface area contributed by atoms with Crippen LogP contribution < -0.4 is 11.1 Å². The predicted octanol–water partition coefficient (Wildman–Crippen LogP) is 2.10. The highest BCUT2D eigenvalue weighted by Crippen LogP contribution is 2.32. The van der Waals surface area contributed by atoms with Crippen molar-refractivity contribution in [3.63, 3.8) is 0 Å². The smallest absolute Gasteiger partial charge is 0.475 e. The van der Waals surface area contributed by atoms with Crippen LogP contribution in [0.5, 0.6) is 0 Å². The highest BCUT2D eigenvalue weighted by Gasteiger charge is 2.38. The monoisotopic (exact) mass is 522 g/mol. The summed E-state index contributed by atoms with van der Waals surface area (Å²) in [6.45, 7) is 1.25. The highest BCUT2D eigenvalue weighted by atomic mass is 32.2. The molecule has 0 aromatic heterocycles. The molecule has 2 atom stereocenters. The van der Waals surface area contributed by atoms with E-state index in [0.29, 0.717) is 31.6 Å².